The first-order valence-corrected chi connectivity index (χ1v) is 11.8. The number of hydrogen-bond donors (Lipinski definition) is 3. The molecule has 0 bridgehead atoms. The first kappa shape index (κ1) is 22.0. The smallest absolute Gasteiger partial charge is 0.279 e. The highest BCUT2D eigenvalue weighted by Gasteiger charge is 2.34. The Morgan fingerprint density at radius 3 is 2.29 bits per heavy atom. The summed E-state index contributed by atoms with van der Waals surface area (Å²) in [5.74, 6) is 0.653. The van der Waals surface area contributed by atoms with Gasteiger partial charge in [0.15, 0.2) is 6.54 Å². The van der Waals surface area contributed by atoms with E-state index in [1.165, 1.54) is 34.4 Å². The van der Waals surface area contributed by atoms with Crippen molar-refractivity contribution in [2.75, 3.05) is 38.2 Å². The van der Waals surface area contributed by atoms with Crippen LogP contribution in [0.4, 0.5) is 5.69 Å². The second-order valence-electron chi connectivity index (χ2n) is 9.47. The number of anilines is 1. The van der Waals surface area contributed by atoms with Gasteiger partial charge < -0.3 is 19.9 Å². The molecule has 2 aromatic rings. The van der Waals surface area contributed by atoms with Crippen LogP contribution in [0.3, 0.4) is 0 Å². The quantitative estimate of drug-likeness (QED) is 0.571. The minimum absolute atomic E-state index is 0.104. The molecule has 0 radical (unpaired) electrons. The zero-order valence-electron chi connectivity index (χ0n) is 19.0. The van der Waals surface area contributed by atoms with E-state index in [0.717, 1.165) is 45.1 Å². The van der Waals surface area contributed by atoms with Crippen molar-refractivity contribution in [3.8, 4) is 0 Å². The molecule has 0 spiro atoms. The SMILES string of the molecule is CC(C)c1ccc(C[NH+](CC(=O)Nc2ccc(C[NH+]3CCOCC3)cc2)C2CC2)cc1. The molecule has 1 aliphatic carbocycles. The number of quaternary nitrogens is 2. The van der Waals surface area contributed by atoms with E-state index < -0.39 is 0 Å². The van der Waals surface area contributed by atoms with Crippen LogP contribution in [0.2, 0.25) is 0 Å². The average Bonchev–Trinajstić information content (AvgIpc) is 3.61. The summed E-state index contributed by atoms with van der Waals surface area (Å²) in [7, 11) is 0. The van der Waals surface area contributed by atoms with Crippen molar-refractivity contribution in [1.82, 2.24) is 0 Å². The number of carbonyl (C=O) groups excluding carboxylic acids is 1. The third-order valence-electron chi connectivity index (χ3n) is 6.51. The lowest BCUT2D eigenvalue weighted by Gasteiger charge is -2.23. The molecule has 2 fully saturated rings. The van der Waals surface area contributed by atoms with Crippen LogP contribution >= 0.6 is 0 Å². The van der Waals surface area contributed by atoms with Crippen LogP contribution in [0.5, 0.6) is 0 Å². The van der Waals surface area contributed by atoms with Gasteiger partial charge in [0.2, 0.25) is 0 Å². The van der Waals surface area contributed by atoms with Crippen LogP contribution in [-0.2, 0) is 22.6 Å². The van der Waals surface area contributed by atoms with Crippen molar-refractivity contribution in [1.29, 1.82) is 0 Å². The van der Waals surface area contributed by atoms with Crippen molar-refractivity contribution in [2.45, 2.75) is 51.7 Å². The molecule has 166 valence electrons. The third kappa shape index (κ3) is 6.63. The summed E-state index contributed by atoms with van der Waals surface area (Å²) in [6.07, 6.45) is 2.45. The van der Waals surface area contributed by atoms with Crippen molar-refractivity contribution in [2.24, 2.45) is 0 Å². The summed E-state index contributed by atoms with van der Waals surface area (Å²) in [5, 5.41) is 3.11. The molecule has 4 rings (SSSR count). The largest absolute Gasteiger partial charge is 0.370 e. The van der Waals surface area contributed by atoms with Gasteiger partial charge in [0.25, 0.3) is 5.91 Å². The second kappa shape index (κ2) is 10.4. The minimum atomic E-state index is 0.104. The highest BCUT2D eigenvalue weighted by molar-refractivity contribution is 5.91. The molecule has 1 atom stereocenters. The van der Waals surface area contributed by atoms with Crippen molar-refractivity contribution >= 4 is 11.6 Å². The summed E-state index contributed by atoms with van der Waals surface area (Å²) in [6.45, 7) is 10.7. The lowest BCUT2D eigenvalue weighted by atomic mass is 10.0. The topological polar surface area (TPSA) is 47.2 Å². The third-order valence-corrected chi connectivity index (χ3v) is 6.51. The number of ether oxygens (including phenoxy) is 1. The van der Waals surface area contributed by atoms with Gasteiger partial charge in [-0.1, -0.05) is 50.2 Å². The Hall–Kier alpha value is -2.21. The fourth-order valence-corrected chi connectivity index (χ4v) is 4.37. The molecule has 1 amide bonds. The molecular formula is C26H37N3O2+2. The number of rotatable bonds is 9. The van der Waals surface area contributed by atoms with Gasteiger partial charge in [0.05, 0.1) is 19.3 Å². The molecule has 1 unspecified atom stereocenters. The Kier molecular flexibility index (Phi) is 7.38. The van der Waals surface area contributed by atoms with E-state index in [4.69, 9.17) is 4.74 Å². The van der Waals surface area contributed by atoms with E-state index in [-0.39, 0.29) is 5.91 Å². The maximum Gasteiger partial charge on any atom is 0.279 e. The van der Waals surface area contributed by atoms with Gasteiger partial charge in [0, 0.05) is 29.7 Å². The van der Waals surface area contributed by atoms with E-state index in [1.54, 1.807) is 4.90 Å². The van der Waals surface area contributed by atoms with E-state index in [0.29, 0.717) is 18.5 Å². The molecule has 3 N–H and O–H groups in total. The van der Waals surface area contributed by atoms with E-state index in [9.17, 15) is 4.79 Å². The van der Waals surface area contributed by atoms with Crippen molar-refractivity contribution < 1.29 is 19.3 Å². The predicted molar refractivity (Wildman–Crippen MR) is 123 cm³/mol. The highest BCUT2D eigenvalue weighted by atomic mass is 16.5. The van der Waals surface area contributed by atoms with Crippen molar-refractivity contribution in [3.63, 3.8) is 0 Å². The molecule has 1 saturated heterocycles. The molecule has 5 nitrogen and oxygen atoms in total. The van der Waals surface area contributed by atoms with Crippen LogP contribution in [0.15, 0.2) is 48.5 Å². The number of benzene rings is 2. The normalized spacial score (nSPS) is 18.2. The summed E-state index contributed by atoms with van der Waals surface area (Å²) in [6, 6.07) is 17.9. The van der Waals surface area contributed by atoms with Gasteiger partial charge in [0.1, 0.15) is 26.2 Å². The van der Waals surface area contributed by atoms with Crippen LogP contribution in [-0.4, -0.2) is 44.8 Å². The van der Waals surface area contributed by atoms with E-state index in [1.807, 2.05) is 12.1 Å². The maximum absolute atomic E-state index is 12.7. The maximum atomic E-state index is 12.7. The Morgan fingerprint density at radius 1 is 1.03 bits per heavy atom. The monoisotopic (exact) mass is 423 g/mol. The zero-order valence-corrected chi connectivity index (χ0v) is 19.0. The van der Waals surface area contributed by atoms with Gasteiger partial charge in [-0.15, -0.1) is 0 Å². The van der Waals surface area contributed by atoms with Gasteiger partial charge in [-0.25, -0.2) is 0 Å². The fraction of sp³-hybridized carbons (Fsp3) is 0.500. The van der Waals surface area contributed by atoms with Gasteiger partial charge in [-0.05, 0) is 23.6 Å². The molecule has 1 saturated carbocycles. The van der Waals surface area contributed by atoms with Gasteiger partial charge in [-0.3, -0.25) is 4.79 Å². The molecule has 1 heterocycles. The summed E-state index contributed by atoms with van der Waals surface area (Å²) in [5.41, 5.74) is 4.88. The summed E-state index contributed by atoms with van der Waals surface area (Å²) >= 11 is 0. The second-order valence-corrected chi connectivity index (χ2v) is 9.47. The highest BCUT2D eigenvalue weighted by Crippen LogP contribution is 2.17. The van der Waals surface area contributed by atoms with Crippen LogP contribution in [0.1, 0.15) is 49.3 Å². The standard InChI is InChI=1S/C26H35N3O2/c1-20(2)23-7-3-22(4-8-23)18-29(25-11-12-25)19-26(30)27-24-9-5-21(6-10-24)17-28-13-15-31-16-14-28/h3-10,20,25H,11-19H2,1-2H3,(H,27,30)/p+2. The number of morpholine rings is 1. The van der Waals surface area contributed by atoms with Gasteiger partial charge >= 0.3 is 0 Å². The number of carbonyl (C=O) groups is 1. The van der Waals surface area contributed by atoms with E-state index >= 15 is 0 Å². The predicted octanol–water partition coefficient (Wildman–Crippen LogP) is 1.41. The molecule has 1 aliphatic heterocycles. The van der Waals surface area contributed by atoms with Crippen LogP contribution < -0.4 is 15.1 Å². The lowest BCUT2D eigenvalue weighted by molar-refractivity contribution is -0.921. The van der Waals surface area contributed by atoms with Crippen LogP contribution in [0, 0.1) is 0 Å². The summed E-state index contributed by atoms with van der Waals surface area (Å²) in [4.78, 5) is 15.7. The van der Waals surface area contributed by atoms with Crippen molar-refractivity contribution in [3.05, 3.63) is 65.2 Å². The fourth-order valence-electron chi connectivity index (χ4n) is 4.37. The Labute approximate surface area is 186 Å². The summed E-state index contributed by atoms with van der Waals surface area (Å²) < 4.78 is 5.43. The molecular weight excluding hydrogens is 386 g/mol. The van der Waals surface area contributed by atoms with E-state index in [2.05, 4.69) is 55.6 Å². The zero-order chi connectivity index (χ0) is 21.6. The average molecular weight is 424 g/mol. The molecule has 5 heteroatoms. The Morgan fingerprint density at radius 2 is 1.68 bits per heavy atom. The number of nitrogens with one attached hydrogen (secondary N) is 3. The van der Waals surface area contributed by atoms with Crippen LogP contribution in [0.25, 0.3) is 0 Å². The molecule has 2 aliphatic rings. The minimum Gasteiger partial charge on any atom is -0.370 e. The Bertz CT molecular complexity index is 838. The van der Waals surface area contributed by atoms with Gasteiger partial charge in [-0.2, -0.15) is 0 Å². The number of hydrogen-bond acceptors (Lipinski definition) is 2. The molecule has 0 aromatic heterocycles. The molecule has 31 heavy (non-hydrogen) atoms. The molecule has 2 aromatic carbocycles. The Balaban J connectivity index is 1.29. The first-order valence-electron chi connectivity index (χ1n) is 11.8. The number of amides is 1. The first-order chi connectivity index (χ1) is 15.1. The lowest BCUT2D eigenvalue weighted by Crippen LogP contribution is -3.13.